The molecule has 5 aliphatic rings. The Kier molecular flexibility index (Phi) is 19.9. The van der Waals surface area contributed by atoms with Gasteiger partial charge in [0.1, 0.15) is 17.2 Å². The summed E-state index contributed by atoms with van der Waals surface area (Å²) in [7, 11) is 4.06. The van der Waals surface area contributed by atoms with Gasteiger partial charge in [0.05, 0.1) is 18.5 Å². The molecule has 2 N–H and O–H groups in total. The van der Waals surface area contributed by atoms with Crippen LogP contribution in [0.25, 0.3) is 0 Å². The largest absolute Gasteiger partial charge is 0.391 e. The predicted octanol–water partition coefficient (Wildman–Crippen LogP) is 8.18. The molecule has 0 spiro atoms. The number of piperidine rings is 3. The molecule has 366 valence electrons. The minimum Gasteiger partial charge on any atom is -0.391 e. The molecule has 5 saturated heterocycles. The fraction of sp³-hybridized carbons (Fsp3) is 0.750. The Hall–Kier alpha value is -3.33. The molecule has 9 heterocycles. The third-order valence-electron chi connectivity index (χ3n) is 15.0. The normalized spacial score (nSPS) is 27.9. The van der Waals surface area contributed by atoms with Crippen molar-refractivity contribution in [3.8, 4) is 0 Å². The summed E-state index contributed by atoms with van der Waals surface area (Å²) >= 11 is 0. The van der Waals surface area contributed by atoms with E-state index in [1.807, 2.05) is 41.0 Å². The van der Waals surface area contributed by atoms with Crippen LogP contribution in [0.3, 0.4) is 0 Å². The number of aromatic nitrogens is 7. The van der Waals surface area contributed by atoms with E-state index in [0.717, 1.165) is 50.5 Å². The van der Waals surface area contributed by atoms with Crippen LogP contribution < -0.4 is 0 Å². The Morgan fingerprint density at radius 3 is 1.82 bits per heavy atom. The number of aliphatic hydroxyl groups excluding tert-OH is 1. The molecule has 5 fully saturated rings. The molecule has 0 amide bonds. The zero-order valence-electron chi connectivity index (χ0n) is 41.5. The zero-order valence-corrected chi connectivity index (χ0v) is 41.5. The quantitative estimate of drug-likeness (QED) is 0.172. The van der Waals surface area contributed by atoms with E-state index in [1.54, 1.807) is 18.7 Å². The van der Waals surface area contributed by atoms with Crippen molar-refractivity contribution >= 4 is 0 Å². The molecule has 2 bridgehead atoms. The highest BCUT2D eigenvalue weighted by Gasteiger charge is 2.48. The van der Waals surface area contributed by atoms with Crippen LogP contribution in [0.5, 0.6) is 0 Å². The van der Waals surface area contributed by atoms with Crippen LogP contribution in [-0.4, -0.2) is 145 Å². The van der Waals surface area contributed by atoms with Gasteiger partial charge in [0.25, 0.3) is 0 Å². The maximum Gasteiger partial charge on any atom is 0.140 e. The molecule has 13 nitrogen and oxygen atoms in total. The van der Waals surface area contributed by atoms with Crippen LogP contribution >= 0.6 is 0 Å². The van der Waals surface area contributed by atoms with Crippen LogP contribution in [-0.2, 0) is 26.2 Å². The van der Waals surface area contributed by atoms with Gasteiger partial charge in [-0.2, -0.15) is 0 Å². The average molecular weight is 902 g/mol. The number of imidazole rings is 3. The summed E-state index contributed by atoms with van der Waals surface area (Å²) in [5.41, 5.74) is -0.737. The highest BCUT2D eigenvalue weighted by Crippen LogP contribution is 2.44. The molecule has 4 unspecified atom stereocenters. The van der Waals surface area contributed by atoms with E-state index in [4.69, 9.17) is 0 Å². The molecular weight excluding hydrogens is 811 g/mol. The molecule has 4 aromatic heterocycles. The predicted molar refractivity (Wildman–Crippen MR) is 266 cm³/mol. The maximum absolute atomic E-state index is 11.1. The Morgan fingerprint density at radius 2 is 1.26 bits per heavy atom. The van der Waals surface area contributed by atoms with Gasteiger partial charge in [-0.25, -0.2) is 15.0 Å². The van der Waals surface area contributed by atoms with Crippen molar-refractivity contribution in [1.29, 1.82) is 0 Å². The van der Waals surface area contributed by atoms with Crippen molar-refractivity contribution in [3.05, 3.63) is 79.7 Å². The van der Waals surface area contributed by atoms with E-state index in [2.05, 4.69) is 131 Å². The standard InChI is InChI=1S/C15H25N3O.C13H22N2.C12H21N3O.C11H19N3.CH4/c1-11(2)18-12-5-4-6-13(18)10-15(19,9-12)14-16-7-8-17(14)3;1-12(2)15-9-5-6-13(11-15)10-14-7-3-4-8-14;1-10(2)14-6-3-11(12(16)4-7-14)15-8-5-13-9-15;1-9(2)14-6-4-10(8-14)11-12-5-7-13(11)3;/h7-8,11-13,19H,4-6,9-10H2,1-3H3;3-4,7-8,12-13H,5-6,9-11H2,1-2H3;5,8-12,16H,3-4,6-7H2,1-2H3;5,7,9-10H,4,6,8H2,1-3H3;1H4/t;;11-,12-;;/m..0../s1. The summed E-state index contributed by atoms with van der Waals surface area (Å²) in [4.78, 5) is 23.1. The lowest BCUT2D eigenvalue weighted by molar-refractivity contribution is -0.112. The van der Waals surface area contributed by atoms with Gasteiger partial charge < -0.3 is 43.2 Å². The molecule has 4 aromatic rings. The Bertz CT molecular complexity index is 1870. The first-order valence-electron chi connectivity index (χ1n) is 25.1. The van der Waals surface area contributed by atoms with Gasteiger partial charge in [-0.15, -0.1) is 0 Å². The summed E-state index contributed by atoms with van der Waals surface area (Å²) in [6.45, 7) is 26.3. The minimum absolute atomic E-state index is 0. The molecule has 13 heteroatoms. The zero-order chi connectivity index (χ0) is 46.0. The number of likely N-dealkylation sites (tertiary alicyclic amines) is 3. The Morgan fingerprint density at radius 1 is 0.646 bits per heavy atom. The van der Waals surface area contributed by atoms with Crippen molar-refractivity contribution in [3.63, 3.8) is 0 Å². The average Bonchev–Trinajstić information content (AvgIpc) is 4.12. The van der Waals surface area contributed by atoms with Crippen molar-refractivity contribution in [1.82, 2.24) is 52.8 Å². The number of rotatable bonds is 9. The van der Waals surface area contributed by atoms with Crippen molar-refractivity contribution < 1.29 is 10.2 Å². The van der Waals surface area contributed by atoms with Crippen LogP contribution in [0.4, 0.5) is 0 Å². The lowest BCUT2D eigenvalue weighted by Gasteiger charge is -2.53. The molecule has 0 saturated carbocycles. The number of nitrogens with zero attached hydrogens (tertiary/aromatic N) is 11. The second kappa shape index (κ2) is 24.6. The van der Waals surface area contributed by atoms with Gasteiger partial charge in [-0.05, 0) is 144 Å². The third kappa shape index (κ3) is 14.1. The molecule has 0 radical (unpaired) electrons. The van der Waals surface area contributed by atoms with Gasteiger partial charge in [0.2, 0.25) is 0 Å². The molecular formula is C52H91N11O2. The van der Waals surface area contributed by atoms with Crippen LogP contribution in [0.1, 0.15) is 151 Å². The van der Waals surface area contributed by atoms with E-state index >= 15 is 0 Å². The SMILES string of the molecule is C.CC(C)N1C2CCCC1CC(O)(c1nccn1C)C2.CC(C)N1CCC(c2nccn2C)C1.CC(C)N1CCCC(Cn2cccc2)C1.CC(C)N1CC[C@H](O)[C@@H](n2ccnc2)CC1. The lowest BCUT2D eigenvalue weighted by Crippen LogP contribution is -2.59. The van der Waals surface area contributed by atoms with E-state index in [9.17, 15) is 10.2 Å². The summed E-state index contributed by atoms with van der Waals surface area (Å²) in [5.74, 6) is 3.56. The summed E-state index contributed by atoms with van der Waals surface area (Å²) in [5, 5.41) is 21.3. The Labute approximate surface area is 394 Å². The fourth-order valence-corrected chi connectivity index (χ4v) is 11.5. The maximum atomic E-state index is 11.1. The van der Waals surface area contributed by atoms with Gasteiger partial charge in [-0.1, -0.05) is 13.8 Å². The van der Waals surface area contributed by atoms with E-state index < -0.39 is 5.60 Å². The van der Waals surface area contributed by atoms with E-state index in [0.29, 0.717) is 42.2 Å². The monoisotopic (exact) mass is 902 g/mol. The number of hydrogen-bond acceptors (Lipinski definition) is 9. The van der Waals surface area contributed by atoms with Gasteiger partial charge in [-0.3, -0.25) is 4.90 Å². The van der Waals surface area contributed by atoms with Crippen LogP contribution in [0.2, 0.25) is 0 Å². The van der Waals surface area contributed by atoms with Crippen molar-refractivity contribution in [2.24, 2.45) is 20.0 Å². The number of fused-ring (bicyclic) bond motifs is 2. The third-order valence-corrected chi connectivity index (χ3v) is 15.0. The topological polar surface area (TPSA) is 112 Å². The van der Waals surface area contributed by atoms with Gasteiger partial charge in [0, 0.05) is 139 Å². The van der Waals surface area contributed by atoms with E-state index in [1.165, 1.54) is 77.1 Å². The fourth-order valence-electron chi connectivity index (χ4n) is 11.5. The Balaban J connectivity index is 0.000000163. The highest BCUT2D eigenvalue weighted by atomic mass is 16.3. The smallest absolute Gasteiger partial charge is 0.140 e. The summed E-state index contributed by atoms with van der Waals surface area (Å²) in [6.07, 6.45) is 28.5. The highest BCUT2D eigenvalue weighted by molar-refractivity contribution is 5.12. The molecule has 5 aliphatic heterocycles. The van der Waals surface area contributed by atoms with Gasteiger partial charge >= 0.3 is 0 Å². The molecule has 0 aliphatic carbocycles. The molecule has 0 aromatic carbocycles. The van der Waals surface area contributed by atoms with Crippen molar-refractivity contribution in [2.75, 3.05) is 39.3 Å². The first kappa shape index (κ1) is 52.6. The summed E-state index contributed by atoms with van der Waals surface area (Å²) < 4.78 is 8.47. The van der Waals surface area contributed by atoms with Crippen LogP contribution in [0.15, 0.2) is 68.0 Å². The van der Waals surface area contributed by atoms with Gasteiger partial charge in [0.15, 0.2) is 0 Å². The summed E-state index contributed by atoms with van der Waals surface area (Å²) in [6, 6.07) is 7.94. The molecule has 65 heavy (non-hydrogen) atoms. The molecule has 9 rings (SSSR count). The molecule has 6 atom stereocenters. The first-order chi connectivity index (χ1) is 30.6. The lowest BCUT2D eigenvalue weighted by atomic mass is 9.74. The number of hydrogen-bond donors (Lipinski definition) is 2. The van der Waals surface area contributed by atoms with Crippen LogP contribution in [0, 0.1) is 5.92 Å². The number of aryl methyl sites for hydroxylation is 2. The first-order valence-corrected chi connectivity index (χ1v) is 25.1. The van der Waals surface area contributed by atoms with E-state index in [-0.39, 0.29) is 19.6 Å². The number of aliphatic hydroxyl groups is 2. The second-order valence-electron chi connectivity index (χ2n) is 20.9. The van der Waals surface area contributed by atoms with Crippen molar-refractivity contribution in [2.45, 2.75) is 193 Å². The minimum atomic E-state index is -0.737. The second-order valence-corrected chi connectivity index (χ2v) is 20.9.